The molecule has 0 bridgehead atoms. The molecule has 2 aromatic heterocycles. The third-order valence-electron chi connectivity index (χ3n) is 9.14. The highest BCUT2D eigenvalue weighted by Crippen LogP contribution is 2.43. The van der Waals surface area contributed by atoms with Gasteiger partial charge in [-0.15, -0.1) is 0 Å². The normalized spacial score (nSPS) is 17.8. The van der Waals surface area contributed by atoms with Crippen molar-refractivity contribution in [1.82, 2.24) is 14.9 Å². The van der Waals surface area contributed by atoms with E-state index >= 15 is 0 Å². The van der Waals surface area contributed by atoms with Crippen LogP contribution in [0.5, 0.6) is 0 Å². The van der Waals surface area contributed by atoms with Gasteiger partial charge in [0.05, 0.1) is 0 Å². The summed E-state index contributed by atoms with van der Waals surface area (Å²) in [4.78, 5) is 13.1. The summed E-state index contributed by atoms with van der Waals surface area (Å²) >= 11 is 0. The maximum Gasteiger partial charge on any atom is 0.137 e. The van der Waals surface area contributed by atoms with E-state index in [0.29, 0.717) is 5.41 Å². The van der Waals surface area contributed by atoms with Gasteiger partial charge in [-0.05, 0) is 97.0 Å². The van der Waals surface area contributed by atoms with Crippen LogP contribution in [-0.2, 0) is 6.42 Å². The van der Waals surface area contributed by atoms with Crippen LogP contribution >= 0.6 is 0 Å². The molecule has 4 nitrogen and oxygen atoms in total. The summed E-state index contributed by atoms with van der Waals surface area (Å²) in [6.45, 7) is 18.8. The number of pyridine rings is 1. The molecule has 0 spiro atoms. The van der Waals surface area contributed by atoms with E-state index in [4.69, 9.17) is 0 Å². The van der Waals surface area contributed by atoms with Crippen LogP contribution in [0.15, 0.2) is 79.1 Å². The number of H-pyrrole nitrogens is 1. The maximum absolute atomic E-state index is 4.62. The average Bonchev–Trinajstić information content (AvgIpc) is 3.43. The summed E-state index contributed by atoms with van der Waals surface area (Å²) < 4.78 is 0. The first-order valence-corrected chi connectivity index (χ1v) is 15.2. The summed E-state index contributed by atoms with van der Waals surface area (Å²) in [6.07, 6.45) is 8.48. The Labute approximate surface area is 245 Å². The molecule has 1 fully saturated rings. The smallest absolute Gasteiger partial charge is 0.137 e. The van der Waals surface area contributed by atoms with Crippen molar-refractivity contribution in [1.29, 1.82) is 0 Å². The Morgan fingerprint density at radius 1 is 1.00 bits per heavy atom. The van der Waals surface area contributed by atoms with Gasteiger partial charge in [-0.25, -0.2) is 4.98 Å². The zero-order valence-corrected chi connectivity index (χ0v) is 25.3. The van der Waals surface area contributed by atoms with E-state index in [1.807, 2.05) is 12.4 Å². The highest BCUT2D eigenvalue weighted by molar-refractivity contribution is 5.76. The number of rotatable bonds is 7. The van der Waals surface area contributed by atoms with Crippen LogP contribution in [0.4, 0.5) is 5.69 Å². The van der Waals surface area contributed by atoms with Gasteiger partial charge in [0, 0.05) is 56.2 Å². The molecule has 1 saturated heterocycles. The predicted octanol–water partition coefficient (Wildman–Crippen LogP) is 8.28. The predicted molar refractivity (Wildman–Crippen MR) is 174 cm³/mol. The molecule has 0 atom stereocenters. The van der Waals surface area contributed by atoms with Crippen LogP contribution in [0, 0.1) is 12.3 Å². The lowest BCUT2D eigenvalue weighted by Crippen LogP contribution is -2.47. The van der Waals surface area contributed by atoms with Crippen LogP contribution in [0.3, 0.4) is 0 Å². The number of anilines is 1. The largest absolute Gasteiger partial charge is 0.369 e. The van der Waals surface area contributed by atoms with E-state index in [2.05, 4.69) is 109 Å². The number of benzene rings is 2. The van der Waals surface area contributed by atoms with Crippen LogP contribution in [0.1, 0.15) is 67.9 Å². The van der Waals surface area contributed by atoms with Crippen LogP contribution in [-0.4, -0.2) is 47.6 Å². The van der Waals surface area contributed by atoms with Gasteiger partial charge in [0.2, 0.25) is 0 Å². The molecule has 1 aliphatic carbocycles. The van der Waals surface area contributed by atoms with Crippen molar-refractivity contribution in [3.05, 3.63) is 107 Å². The second-order valence-corrected chi connectivity index (χ2v) is 13.1. The highest BCUT2D eigenvalue weighted by Gasteiger charge is 2.29. The number of nitrogens with one attached hydrogen (secondary N) is 1. The van der Waals surface area contributed by atoms with Gasteiger partial charge in [0.25, 0.3) is 0 Å². The molecule has 2 aliphatic rings. The number of nitrogens with zero attached hydrogens (tertiary/aromatic N) is 3. The fourth-order valence-corrected chi connectivity index (χ4v) is 6.64. The maximum atomic E-state index is 4.62. The van der Waals surface area contributed by atoms with E-state index in [-0.39, 0.29) is 0 Å². The summed E-state index contributed by atoms with van der Waals surface area (Å²) in [6, 6.07) is 20.5. The molecule has 1 N–H and O–H groups in total. The molecule has 4 aromatic rings. The lowest BCUT2D eigenvalue weighted by Gasteiger charge is -2.39. The minimum atomic E-state index is 0.375. The SMILES string of the molecule is C=C(C)c1ccc(N2CCN(CC3=C(c4ccc(C)cc4)CC(C)(C)CC3)CC2)cc1Cc1cnc2[nH]ccc2c1. The Morgan fingerprint density at radius 3 is 2.54 bits per heavy atom. The summed E-state index contributed by atoms with van der Waals surface area (Å²) in [7, 11) is 0. The Bertz CT molecular complexity index is 1580. The first-order valence-electron chi connectivity index (χ1n) is 15.2. The third-order valence-corrected chi connectivity index (χ3v) is 9.14. The molecule has 6 rings (SSSR count). The zero-order chi connectivity index (χ0) is 28.6. The van der Waals surface area contributed by atoms with E-state index in [9.17, 15) is 0 Å². The van der Waals surface area contributed by atoms with Crippen LogP contribution < -0.4 is 4.90 Å². The molecule has 0 unspecified atom stereocenters. The molecule has 0 amide bonds. The fraction of sp³-hybridized carbons (Fsp3) is 0.378. The number of hydrogen-bond acceptors (Lipinski definition) is 3. The zero-order valence-electron chi connectivity index (χ0n) is 25.3. The minimum Gasteiger partial charge on any atom is -0.369 e. The molecule has 2 aromatic carbocycles. The number of hydrogen-bond donors (Lipinski definition) is 1. The summed E-state index contributed by atoms with van der Waals surface area (Å²) in [5.41, 5.74) is 13.6. The number of aryl methyl sites for hydroxylation is 1. The second kappa shape index (κ2) is 11.3. The van der Waals surface area contributed by atoms with Crippen molar-refractivity contribution in [2.24, 2.45) is 5.41 Å². The average molecular weight is 545 g/mol. The van der Waals surface area contributed by atoms with E-state index < -0.39 is 0 Å². The number of aromatic amines is 1. The molecular formula is C37H44N4. The first-order chi connectivity index (χ1) is 19.7. The molecule has 1 aliphatic heterocycles. The minimum absolute atomic E-state index is 0.375. The third kappa shape index (κ3) is 6.18. The first kappa shape index (κ1) is 27.5. The monoisotopic (exact) mass is 544 g/mol. The van der Waals surface area contributed by atoms with Crippen molar-refractivity contribution < 1.29 is 0 Å². The Kier molecular flexibility index (Phi) is 7.61. The van der Waals surface area contributed by atoms with Crippen molar-refractivity contribution in [2.75, 3.05) is 37.6 Å². The quantitative estimate of drug-likeness (QED) is 0.254. The van der Waals surface area contributed by atoms with E-state index in [0.717, 1.165) is 55.8 Å². The molecular weight excluding hydrogens is 500 g/mol. The van der Waals surface area contributed by atoms with Gasteiger partial charge in [0.1, 0.15) is 5.65 Å². The van der Waals surface area contributed by atoms with Crippen molar-refractivity contribution >= 4 is 27.9 Å². The van der Waals surface area contributed by atoms with Crippen molar-refractivity contribution in [2.45, 2.75) is 53.4 Å². The van der Waals surface area contributed by atoms with Crippen LogP contribution in [0.2, 0.25) is 0 Å². The van der Waals surface area contributed by atoms with Gasteiger partial charge in [-0.1, -0.05) is 67.5 Å². The lowest BCUT2D eigenvalue weighted by atomic mass is 9.72. The lowest BCUT2D eigenvalue weighted by molar-refractivity contribution is 0.264. The molecule has 0 radical (unpaired) electrons. The molecule has 0 saturated carbocycles. The van der Waals surface area contributed by atoms with E-state index in [1.54, 1.807) is 11.1 Å². The van der Waals surface area contributed by atoms with Gasteiger partial charge < -0.3 is 9.88 Å². The molecule has 212 valence electrons. The number of aromatic nitrogens is 2. The Morgan fingerprint density at radius 2 is 1.78 bits per heavy atom. The number of piperazine rings is 1. The van der Waals surface area contributed by atoms with Crippen molar-refractivity contribution in [3.8, 4) is 0 Å². The molecule has 4 heteroatoms. The van der Waals surface area contributed by atoms with Crippen molar-refractivity contribution in [3.63, 3.8) is 0 Å². The summed E-state index contributed by atoms with van der Waals surface area (Å²) in [5.74, 6) is 0. The number of allylic oxidation sites excluding steroid dienone is 2. The fourth-order valence-electron chi connectivity index (χ4n) is 6.64. The Hall–Kier alpha value is -3.63. The van der Waals surface area contributed by atoms with Gasteiger partial charge in [-0.3, -0.25) is 4.90 Å². The highest BCUT2D eigenvalue weighted by atomic mass is 15.3. The topological polar surface area (TPSA) is 35.2 Å². The van der Waals surface area contributed by atoms with Crippen LogP contribution in [0.25, 0.3) is 22.2 Å². The molecule has 3 heterocycles. The van der Waals surface area contributed by atoms with Gasteiger partial charge in [-0.2, -0.15) is 0 Å². The number of fused-ring (bicyclic) bond motifs is 1. The van der Waals surface area contributed by atoms with Gasteiger partial charge in [0.15, 0.2) is 0 Å². The summed E-state index contributed by atoms with van der Waals surface area (Å²) in [5, 5.41) is 1.16. The molecule has 41 heavy (non-hydrogen) atoms. The second-order valence-electron chi connectivity index (χ2n) is 13.1. The standard InChI is InChI=1S/C37H44N4/c1-26(2)34-11-10-33(22-32(34)21-28-20-30-13-15-38-36(30)39-24-28)41-18-16-40(17-19-41)25-31-12-14-37(4,5)23-35(31)29-8-6-27(3)7-9-29/h6-11,13,15,20,22,24H,1,12,14,16-19,21,23,25H2,2-5H3,(H,38,39). The van der Waals surface area contributed by atoms with Gasteiger partial charge >= 0.3 is 0 Å². The Balaban J connectivity index is 1.17. The van der Waals surface area contributed by atoms with E-state index in [1.165, 1.54) is 52.8 Å².